The van der Waals surface area contributed by atoms with Gasteiger partial charge in [0, 0.05) is 30.9 Å². The number of nitrogens with zero attached hydrogens (tertiary/aromatic N) is 1. The number of anilines is 2. The molecule has 20 heavy (non-hydrogen) atoms. The fourth-order valence-corrected chi connectivity index (χ4v) is 3.53. The van der Waals surface area contributed by atoms with Gasteiger partial charge < -0.3 is 10.2 Å². The zero-order valence-corrected chi connectivity index (χ0v) is 13.3. The Morgan fingerprint density at radius 3 is 2.70 bits per heavy atom. The summed E-state index contributed by atoms with van der Waals surface area (Å²) < 4.78 is 1.15. The van der Waals surface area contributed by atoms with Crippen LogP contribution < -0.4 is 10.2 Å². The van der Waals surface area contributed by atoms with E-state index in [-0.39, 0.29) is 5.91 Å². The normalized spacial score (nSPS) is 14.8. The first-order valence-electron chi connectivity index (χ1n) is 6.59. The fourth-order valence-electron chi connectivity index (χ4n) is 2.32. The van der Waals surface area contributed by atoms with Gasteiger partial charge in [-0.15, -0.1) is 11.3 Å². The predicted octanol–water partition coefficient (Wildman–Crippen LogP) is 4.25. The summed E-state index contributed by atoms with van der Waals surface area (Å²) in [5, 5.41) is 5.52. The first kappa shape index (κ1) is 13.6. The monoisotopic (exact) mass is 350 g/mol. The molecule has 1 aliphatic heterocycles. The highest BCUT2D eigenvalue weighted by molar-refractivity contribution is 9.11. The van der Waals surface area contributed by atoms with E-state index in [1.807, 2.05) is 29.2 Å². The Bertz CT molecular complexity index is 609. The number of nitrogens with one attached hydrogen (secondary N) is 1. The van der Waals surface area contributed by atoms with Crippen molar-refractivity contribution in [2.75, 3.05) is 16.8 Å². The van der Waals surface area contributed by atoms with Crippen LogP contribution in [0.5, 0.6) is 0 Å². The summed E-state index contributed by atoms with van der Waals surface area (Å²) in [6.45, 7) is 1.65. The molecule has 0 bridgehead atoms. The quantitative estimate of drug-likeness (QED) is 0.893. The molecule has 2 heterocycles. The van der Waals surface area contributed by atoms with Gasteiger partial charge in [0.15, 0.2) is 0 Å². The van der Waals surface area contributed by atoms with E-state index < -0.39 is 0 Å². The Morgan fingerprint density at radius 1 is 1.30 bits per heavy atom. The van der Waals surface area contributed by atoms with Gasteiger partial charge in [-0.1, -0.05) is 0 Å². The zero-order valence-electron chi connectivity index (χ0n) is 10.9. The molecule has 0 unspecified atom stereocenters. The van der Waals surface area contributed by atoms with Crippen LogP contribution in [0.15, 0.2) is 39.5 Å². The van der Waals surface area contributed by atoms with Crippen LogP contribution in [-0.4, -0.2) is 12.5 Å². The van der Waals surface area contributed by atoms with Crippen molar-refractivity contribution in [2.24, 2.45) is 0 Å². The lowest BCUT2D eigenvalue weighted by molar-refractivity contribution is -0.117. The van der Waals surface area contributed by atoms with Crippen molar-refractivity contribution in [3.8, 4) is 0 Å². The number of thiophene rings is 1. The molecule has 1 fully saturated rings. The molecule has 104 valence electrons. The minimum Gasteiger partial charge on any atom is -0.381 e. The molecule has 0 atom stereocenters. The number of carbonyl (C=O) groups excluding carboxylic acids is 1. The summed E-state index contributed by atoms with van der Waals surface area (Å²) in [6, 6.07) is 10.2. The lowest BCUT2D eigenvalue weighted by atomic mass is 10.2. The molecule has 3 nitrogen and oxygen atoms in total. The van der Waals surface area contributed by atoms with Crippen molar-refractivity contribution in [3.05, 3.63) is 45.1 Å². The maximum Gasteiger partial charge on any atom is 0.227 e. The molecule has 0 spiro atoms. The third-order valence-corrected chi connectivity index (χ3v) is 4.92. The van der Waals surface area contributed by atoms with Gasteiger partial charge in [-0.05, 0) is 63.6 Å². The summed E-state index contributed by atoms with van der Waals surface area (Å²) >= 11 is 5.16. The third-order valence-electron chi connectivity index (χ3n) is 3.37. The number of hydrogen-bond acceptors (Lipinski definition) is 3. The Hall–Kier alpha value is -1.33. The molecule has 1 amide bonds. The van der Waals surface area contributed by atoms with Gasteiger partial charge in [0.25, 0.3) is 0 Å². The standard InChI is InChI=1S/C15H15BrN2OS/c16-14-8-11(10-20-14)9-17-12-3-5-13(6-4-12)18-7-1-2-15(18)19/h3-6,8,10,17H,1-2,7,9H2. The van der Waals surface area contributed by atoms with Crippen molar-refractivity contribution >= 4 is 44.5 Å². The maximum absolute atomic E-state index is 11.7. The average Bonchev–Trinajstić information content (AvgIpc) is 3.06. The Balaban J connectivity index is 1.62. The van der Waals surface area contributed by atoms with Gasteiger partial charge in [0.2, 0.25) is 5.91 Å². The zero-order chi connectivity index (χ0) is 13.9. The highest BCUT2D eigenvalue weighted by Crippen LogP contribution is 2.24. The van der Waals surface area contributed by atoms with E-state index in [0.29, 0.717) is 6.42 Å². The van der Waals surface area contributed by atoms with Crippen LogP contribution in [0.4, 0.5) is 11.4 Å². The number of rotatable bonds is 4. The summed E-state index contributed by atoms with van der Waals surface area (Å²) in [5.41, 5.74) is 3.33. The van der Waals surface area contributed by atoms with Crippen LogP contribution in [0.2, 0.25) is 0 Å². The molecular formula is C15H15BrN2OS. The van der Waals surface area contributed by atoms with Crippen molar-refractivity contribution < 1.29 is 4.79 Å². The van der Waals surface area contributed by atoms with Crippen molar-refractivity contribution in [1.82, 2.24) is 0 Å². The molecule has 1 aromatic carbocycles. The molecule has 1 aromatic heterocycles. The highest BCUT2D eigenvalue weighted by Gasteiger charge is 2.21. The third kappa shape index (κ3) is 3.04. The number of hydrogen-bond donors (Lipinski definition) is 1. The number of benzene rings is 1. The number of amides is 1. The second kappa shape index (κ2) is 5.97. The number of halogens is 1. The molecule has 0 saturated carbocycles. The van der Waals surface area contributed by atoms with E-state index in [4.69, 9.17) is 0 Å². The molecule has 2 aromatic rings. The largest absolute Gasteiger partial charge is 0.381 e. The van der Waals surface area contributed by atoms with Crippen molar-refractivity contribution in [3.63, 3.8) is 0 Å². The van der Waals surface area contributed by atoms with Crippen LogP contribution in [0.1, 0.15) is 18.4 Å². The summed E-state index contributed by atoms with van der Waals surface area (Å²) in [7, 11) is 0. The Morgan fingerprint density at radius 2 is 2.10 bits per heavy atom. The Labute approximate surface area is 130 Å². The lowest BCUT2D eigenvalue weighted by Crippen LogP contribution is -2.23. The average molecular weight is 351 g/mol. The van der Waals surface area contributed by atoms with Gasteiger partial charge in [-0.3, -0.25) is 4.79 Å². The van der Waals surface area contributed by atoms with E-state index in [2.05, 4.69) is 32.7 Å². The summed E-state index contributed by atoms with van der Waals surface area (Å²) in [5.74, 6) is 0.230. The predicted molar refractivity (Wildman–Crippen MR) is 87.4 cm³/mol. The van der Waals surface area contributed by atoms with E-state index in [1.54, 1.807) is 11.3 Å². The highest BCUT2D eigenvalue weighted by atomic mass is 79.9. The number of carbonyl (C=O) groups is 1. The van der Waals surface area contributed by atoms with Gasteiger partial charge in [0.05, 0.1) is 3.79 Å². The molecule has 0 radical (unpaired) electrons. The molecule has 5 heteroatoms. The minimum absolute atomic E-state index is 0.230. The van der Waals surface area contributed by atoms with Crippen LogP contribution in [0, 0.1) is 0 Å². The van der Waals surface area contributed by atoms with Crippen LogP contribution in [0.25, 0.3) is 0 Å². The molecule has 1 N–H and O–H groups in total. The molecular weight excluding hydrogens is 336 g/mol. The fraction of sp³-hybridized carbons (Fsp3) is 0.267. The van der Waals surface area contributed by atoms with Crippen molar-refractivity contribution in [2.45, 2.75) is 19.4 Å². The second-order valence-corrected chi connectivity index (χ2v) is 7.10. The SMILES string of the molecule is O=C1CCCN1c1ccc(NCc2csc(Br)c2)cc1. The van der Waals surface area contributed by atoms with Crippen LogP contribution in [0.3, 0.4) is 0 Å². The smallest absolute Gasteiger partial charge is 0.227 e. The molecule has 1 aliphatic rings. The van der Waals surface area contributed by atoms with E-state index in [9.17, 15) is 4.79 Å². The van der Waals surface area contributed by atoms with Crippen LogP contribution in [-0.2, 0) is 11.3 Å². The van der Waals surface area contributed by atoms with Gasteiger partial charge >= 0.3 is 0 Å². The molecule has 1 saturated heterocycles. The topological polar surface area (TPSA) is 32.3 Å². The van der Waals surface area contributed by atoms with E-state index in [0.717, 1.165) is 34.7 Å². The first-order chi connectivity index (χ1) is 9.72. The van der Waals surface area contributed by atoms with Gasteiger partial charge in [0.1, 0.15) is 0 Å². The minimum atomic E-state index is 0.230. The van der Waals surface area contributed by atoms with Gasteiger partial charge in [-0.25, -0.2) is 0 Å². The maximum atomic E-state index is 11.7. The first-order valence-corrected chi connectivity index (χ1v) is 8.27. The summed E-state index contributed by atoms with van der Waals surface area (Å²) in [4.78, 5) is 13.5. The van der Waals surface area contributed by atoms with E-state index in [1.165, 1.54) is 5.56 Å². The second-order valence-electron chi connectivity index (χ2n) is 4.81. The van der Waals surface area contributed by atoms with Gasteiger partial charge in [-0.2, -0.15) is 0 Å². The summed E-state index contributed by atoms with van der Waals surface area (Å²) in [6.07, 6.45) is 1.64. The van der Waals surface area contributed by atoms with Crippen molar-refractivity contribution in [1.29, 1.82) is 0 Å². The molecule has 0 aliphatic carbocycles. The molecule has 3 rings (SSSR count). The Kier molecular flexibility index (Phi) is 4.08. The van der Waals surface area contributed by atoms with Crippen LogP contribution >= 0.6 is 27.3 Å². The van der Waals surface area contributed by atoms with E-state index >= 15 is 0 Å². The lowest BCUT2D eigenvalue weighted by Gasteiger charge is -2.16.